The van der Waals surface area contributed by atoms with Crippen molar-refractivity contribution in [2.75, 3.05) is 0 Å². The van der Waals surface area contributed by atoms with E-state index < -0.39 is 12.2 Å². The molecule has 1 aliphatic heterocycles. The zero-order valence-corrected chi connectivity index (χ0v) is 16.5. The molecule has 0 saturated carbocycles. The van der Waals surface area contributed by atoms with Crippen LogP contribution in [-0.4, -0.2) is 17.1 Å². The number of hydrogen-bond donors (Lipinski definition) is 1. The van der Waals surface area contributed by atoms with Crippen LogP contribution in [0.1, 0.15) is 29.8 Å². The van der Waals surface area contributed by atoms with Gasteiger partial charge in [-0.1, -0.05) is 48.4 Å². The molecule has 0 unspecified atom stereocenters. The molecule has 0 bridgehead atoms. The topological polar surface area (TPSA) is 51.2 Å². The number of nitrogens with one attached hydrogen (secondary N) is 1. The van der Waals surface area contributed by atoms with Crippen molar-refractivity contribution in [2.24, 2.45) is 0 Å². The van der Waals surface area contributed by atoms with Gasteiger partial charge in [-0.05, 0) is 43.2 Å². The van der Waals surface area contributed by atoms with Gasteiger partial charge in [-0.3, -0.25) is 0 Å². The second kappa shape index (κ2) is 11.7. The maximum absolute atomic E-state index is 13.3. The van der Waals surface area contributed by atoms with E-state index in [2.05, 4.69) is 35.0 Å². The molecule has 30 heavy (non-hydrogen) atoms. The molecule has 4 rings (SSSR count). The Morgan fingerprint density at radius 2 is 1.63 bits per heavy atom. The number of carbonyl (C=O) groups excluding carboxylic acids is 1. The largest absolute Gasteiger partial charge is 0.439 e. The molecule has 2 aromatic carbocycles. The Morgan fingerprint density at radius 3 is 2.23 bits per heavy atom. The number of rotatable bonds is 1. The highest BCUT2D eigenvalue weighted by atomic mass is 19.1. The van der Waals surface area contributed by atoms with Crippen LogP contribution in [0.25, 0.3) is 0 Å². The minimum atomic E-state index is -0.524. The molecule has 0 aliphatic carbocycles. The van der Waals surface area contributed by atoms with Gasteiger partial charge in [-0.25, -0.2) is 14.2 Å². The van der Waals surface area contributed by atoms with E-state index in [1.807, 2.05) is 48.5 Å². The smallest absolute Gasteiger partial charge is 0.408 e. The third kappa shape index (κ3) is 6.51. The molecule has 5 heteroatoms. The lowest BCUT2D eigenvalue weighted by atomic mass is 10.0. The number of ether oxygens (including phenoxy) is 1. The lowest BCUT2D eigenvalue weighted by molar-refractivity contribution is 0.132. The zero-order chi connectivity index (χ0) is 21.8. The van der Waals surface area contributed by atoms with Crippen molar-refractivity contribution >= 4 is 6.09 Å². The van der Waals surface area contributed by atoms with Crippen LogP contribution in [0.2, 0.25) is 0 Å². The van der Waals surface area contributed by atoms with Gasteiger partial charge in [0.2, 0.25) is 0 Å². The fourth-order valence-corrected chi connectivity index (χ4v) is 2.65. The van der Waals surface area contributed by atoms with Crippen LogP contribution in [-0.2, 0) is 4.74 Å². The molecule has 0 radical (unpaired) electrons. The minimum Gasteiger partial charge on any atom is -0.439 e. The normalized spacial score (nSPS) is 16.2. The molecule has 1 saturated heterocycles. The molecule has 1 fully saturated rings. The van der Waals surface area contributed by atoms with Crippen molar-refractivity contribution in [1.82, 2.24) is 10.3 Å². The molecule has 4 nitrogen and oxygen atoms in total. The number of terminal acetylenes is 1. The Kier molecular flexibility index (Phi) is 8.65. The van der Waals surface area contributed by atoms with Crippen LogP contribution in [0.5, 0.6) is 0 Å². The summed E-state index contributed by atoms with van der Waals surface area (Å²) in [5, 5.41) is 2.56. The van der Waals surface area contributed by atoms with Crippen LogP contribution in [0, 0.1) is 30.5 Å². The van der Waals surface area contributed by atoms with E-state index >= 15 is 0 Å². The number of amides is 1. The SMILES string of the molecule is C#C.C(#Cc1ccccn1)c1ccccc1.C[C@H]1NC(=O)O[C@H]1c1ccccc1F. The van der Waals surface area contributed by atoms with Gasteiger partial charge < -0.3 is 10.1 Å². The van der Waals surface area contributed by atoms with Gasteiger partial charge in [0.1, 0.15) is 11.5 Å². The molecular formula is C25H21FN2O2. The summed E-state index contributed by atoms with van der Waals surface area (Å²) >= 11 is 0. The van der Waals surface area contributed by atoms with E-state index in [0.717, 1.165) is 11.3 Å². The number of carbonyl (C=O) groups is 1. The number of alkyl carbamates (subject to hydrolysis) is 1. The lowest BCUT2D eigenvalue weighted by Crippen LogP contribution is -2.24. The monoisotopic (exact) mass is 400 g/mol. The summed E-state index contributed by atoms with van der Waals surface area (Å²) in [5.41, 5.74) is 2.23. The van der Waals surface area contributed by atoms with Gasteiger partial charge in [-0.15, -0.1) is 12.8 Å². The van der Waals surface area contributed by atoms with Gasteiger partial charge in [-0.2, -0.15) is 0 Å². The molecule has 1 N–H and O–H groups in total. The number of aromatic nitrogens is 1. The Balaban J connectivity index is 0.000000197. The molecule has 1 aliphatic rings. The predicted molar refractivity (Wildman–Crippen MR) is 115 cm³/mol. The van der Waals surface area contributed by atoms with Crippen LogP contribution < -0.4 is 5.32 Å². The van der Waals surface area contributed by atoms with Gasteiger partial charge in [0.25, 0.3) is 0 Å². The Bertz CT molecular complexity index is 981. The van der Waals surface area contributed by atoms with E-state index in [9.17, 15) is 9.18 Å². The van der Waals surface area contributed by atoms with Crippen molar-refractivity contribution in [1.29, 1.82) is 0 Å². The number of pyridine rings is 1. The van der Waals surface area contributed by atoms with Crippen LogP contribution in [0.4, 0.5) is 9.18 Å². The molecular weight excluding hydrogens is 379 g/mol. The molecule has 2 atom stereocenters. The van der Waals surface area contributed by atoms with E-state index in [4.69, 9.17) is 4.74 Å². The van der Waals surface area contributed by atoms with Gasteiger partial charge >= 0.3 is 6.09 Å². The molecule has 3 aromatic rings. The first-order chi connectivity index (χ1) is 14.6. The van der Waals surface area contributed by atoms with E-state index in [1.165, 1.54) is 6.07 Å². The Hall–Kier alpha value is -4.09. The van der Waals surface area contributed by atoms with Crippen molar-refractivity contribution in [3.05, 3.63) is 102 Å². The number of hydrogen-bond acceptors (Lipinski definition) is 3. The molecule has 2 heterocycles. The first-order valence-electron chi connectivity index (χ1n) is 9.16. The standard InChI is InChI=1S/C13H9N.C10H10FNO2.C2H2/c1-2-6-12(7-3-1)9-10-13-8-4-5-11-14-13;1-6-9(14-10(13)12-6)7-4-2-3-5-8(7)11;1-2/h1-8,11H;2-6,9H,1H3,(H,12,13);1-2H/t;6-,9-;/m.1./s1. The summed E-state index contributed by atoms with van der Waals surface area (Å²) in [4.78, 5) is 15.0. The average Bonchev–Trinajstić information content (AvgIpc) is 3.13. The summed E-state index contributed by atoms with van der Waals surface area (Å²) in [6.45, 7) is 1.78. The number of benzene rings is 2. The number of cyclic esters (lactones) is 1. The predicted octanol–water partition coefficient (Wildman–Crippen LogP) is 4.73. The third-order valence-corrected chi connectivity index (χ3v) is 4.02. The van der Waals surface area contributed by atoms with Crippen molar-refractivity contribution in [3.8, 4) is 24.7 Å². The van der Waals surface area contributed by atoms with E-state index in [-0.39, 0.29) is 11.9 Å². The molecule has 0 spiro atoms. The summed E-state index contributed by atoms with van der Waals surface area (Å²) in [6.07, 6.45) is 8.73. The summed E-state index contributed by atoms with van der Waals surface area (Å²) < 4.78 is 18.3. The number of halogens is 1. The van der Waals surface area contributed by atoms with Crippen molar-refractivity contribution in [3.63, 3.8) is 0 Å². The summed E-state index contributed by atoms with van der Waals surface area (Å²) in [6, 6.07) is 21.7. The average molecular weight is 400 g/mol. The third-order valence-electron chi connectivity index (χ3n) is 4.02. The highest BCUT2D eigenvalue weighted by Crippen LogP contribution is 2.27. The molecule has 1 amide bonds. The van der Waals surface area contributed by atoms with Gasteiger partial charge in [0, 0.05) is 17.3 Å². The highest BCUT2D eigenvalue weighted by molar-refractivity contribution is 5.70. The fourth-order valence-electron chi connectivity index (χ4n) is 2.65. The number of nitrogens with zero attached hydrogens (tertiary/aromatic N) is 1. The quantitative estimate of drug-likeness (QED) is 0.601. The van der Waals surface area contributed by atoms with Crippen LogP contribution in [0.3, 0.4) is 0 Å². The van der Waals surface area contributed by atoms with Crippen molar-refractivity contribution < 1.29 is 13.9 Å². The van der Waals surface area contributed by atoms with Gasteiger partial charge in [0.15, 0.2) is 6.10 Å². The summed E-state index contributed by atoms with van der Waals surface area (Å²) in [5.74, 6) is 5.70. The van der Waals surface area contributed by atoms with E-state index in [1.54, 1.807) is 31.3 Å². The zero-order valence-electron chi connectivity index (χ0n) is 16.5. The first kappa shape index (κ1) is 22.2. The second-order valence-corrected chi connectivity index (χ2v) is 6.11. The lowest BCUT2D eigenvalue weighted by Gasteiger charge is -2.13. The molecule has 150 valence electrons. The Morgan fingerprint density at radius 1 is 0.967 bits per heavy atom. The molecule has 1 aromatic heterocycles. The van der Waals surface area contributed by atoms with Crippen LogP contribution >= 0.6 is 0 Å². The van der Waals surface area contributed by atoms with E-state index in [0.29, 0.717) is 5.56 Å². The van der Waals surface area contributed by atoms with Crippen molar-refractivity contribution in [2.45, 2.75) is 19.1 Å². The van der Waals surface area contributed by atoms with Gasteiger partial charge in [0.05, 0.1) is 6.04 Å². The fraction of sp³-hybridized carbons (Fsp3) is 0.120. The second-order valence-electron chi connectivity index (χ2n) is 6.11. The summed E-state index contributed by atoms with van der Waals surface area (Å²) in [7, 11) is 0. The maximum atomic E-state index is 13.3. The van der Waals surface area contributed by atoms with Crippen LogP contribution in [0.15, 0.2) is 79.0 Å². The highest BCUT2D eigenvalue weighted by Gasteiger charge is 2.33. The Labute approximate surface area is 176 Å². The maximum Gasteiger partial charge on any atom is 0.408 e. The first-order valence-corrected chi connectivity index (χ1v) is 9.16. The minimum absolute atomic E-state index is 0.195.